The van der Waals surface area contributed by atoms with Crippen molar-refractivity contribution in [2.45, 2.75) is 0 Å². The SMILES string of the molecule is c1ccc(-n2c3ccccc3c3cc4c5cc(-c6ccc7c(c6)c6ccccc6n7-c6ccc7ccccc7c6)ccc5n(-c5cccc6ccccc56)c4cc32)cc1. The fraction of sp³-hybridized carbons (Fsp3) is 0. The molecule has 0 aliphatic carbocycles. The van der Waals surface area contributed by atoms with Crippen molar-refractivity contribution in [3.8, 4) is 28.2 Å². The summed E-state index contributed by atoms with van der Waals surface area (Å²) in [7, 11) is 0. The molecule has 0 N–H and O–H groups in total. The van der Waals surface area contributed by atoms with Gasteiger partial charge in [-0.25, -0.2) is 0 Å². The zero-order valence-corrected chi connectivity index (χ0v) is 32.0. The van der Waals surface area contributed by atoms with Crippen LogP contribution in [0, 0.1) is 0 Å². The summed E-state index contributed by atoms with van der Waals surface area (Å²) in [5, 5.41) is 12.4. The first-order valence-corrected chi connectivity index (χ1v) is 20.3. The summed E-state index contributed by atoms with van der Waals surface area (Å²) in [5.74, 6) is 0. The van der Waals surface area contributed by atoms with Gasteiger partial charge in [-0.2, -0.15) is 0 Å². The second-order valence-corrected chi connectivity index (χ2v) is 15.8. The number of fused-ring (bicyclic) bond motifs is 11. The predicted octanol–water partition coefficient (Wildman–Crippen LogP) is 15.0. The first kappa shape index (κ1) is 32.2. The van der Waals surface area contributed by atoms with Gasteiger partial charge in [0.2, 0.25) is 0 Å². The van der Waals surface area contributed by atoms with E-state index in [0.717, 1.165) is 5.69 Å². The topological polar surface area (TPSA) is 14.8 Å². The van der Waals surface area contributed by atoms with Gasteiger partial charge in [-0.05, 0) is 106 Å². The lowest BCUT2D eigenvalue weighted by molar-refractivity contribution is 1.17. The molecule has 3 aromatic heterocycles. The van der Waals surface area contributed by atoms with Crippen molar-refractivity contribution in [3.63, 3.8) is 0 Å². The highest BCUT2D eigenvalue weighted by molar-refractivity contribution is 6.20. The van der Waals surface area contributed by atoms with Crippen molar-refractivity contribution in [1.29, 1.82) is 0 Å². The van der Waals surface area contributed by atoms with Gasteiger partial charge in [-0.3, -0.25) is 0 Å². The van der Waals surface area contributed by atoms with Crippen LogP contribution in [0.2, 0.25) is 0 Å². The Bertz CT molecular complexity index is 3840. The molecule has 13 rings (SSSR count). The molecule has 0 radical (unpaired) electrons. The van der Waals surface area contributed by atoms with Crippen LogP contribution >= 0.6 is 0 Å². The van der Waals surface area contributed by atoms with E-state index in [-0.39, 0.29) is 0 Å². The van der Waals surface area contributed by atoms with Crippen molar-refractivity contribution in [1.82, 2.24) is 13.7 Å². The molecule has 274 valence electrons. The molecule has 0 unspecified atom stereocenters. The maximum absolute atomic E-state index is 2.49. The first-order chi connectivity index (χ1) is 29.3. The summed E-state index contributed by atoms with van der Waals surface area (Å²) in [6.07, 6.45) is 0. The summed E-state index contributed by atoms with van der Waals surface area (Å²) < 4.78 is 7.33. The Labute approximate surface area is 339 Å². The summed E-state index contributed by atoms with van der Waals surface area (Å²) in [6, 6.07) is 78.1. The number of benzene rings is 10. The molecule has 0 aliphatic rings. The Morgan fingerprint density at radius 2 is 0.729 bits per heavy atom. The number of nitrogens with zero attached hydrogens (tertiary/aromatic N) is 3. The van der Waals surface area contributed by atoms with Crippen LogP contribution in [0.5, 0.6) is 0 Å². The predicted molar refractivity (Wildman–Crippen MR) is 250 cm³/mol. The van der Waals surface area contributed by atoms with Gasteiger partial charge in [0.25, 0.3) is 0 Å². The molecule has 10 aromatic carbocycles. The van der Waals surface area contributed by atoms with E-state index in [4.69, 9.17) is 0 Å². The monoisotopic (exact) mass is 749 g/mol. The first-order valence-electron chi connectivity index (χ1n) is 20.3. The Hall–Kier alpha value is -7.88. The lowest BCUT2D eigenvalue weighted by Crippen LogP contribution is -1.96. The molecule has 13 aromatic rings. The minimum atomic E-state index is 1.16. The van der Waals surface area contributed by atoms with E-state index in [1.807, 2.05) is 0 Å². The molecular weight excluding hydrogens is 715 g/mol. The second-order valence-electron chi connectivity index (χ2n) is 15.8. The minimum absolute atomic E-state index is 1.16. The van der Waals surface area contributed by atoms with Gasteiger partial charge >= 0.3 is 0 Å². The molecule has 3 nitrogen and oxygen atoms in total. The largest absolute Gasteiger partial charge is 0.309 e. The third-order valence-electron chi connectivity index (χ3n) is 12.6. The molecule has 0 bridgehead atoms. The van der Waals surface area contributed by atoms with Crippen LogP contribution in [0.4, 0.5) is 0 Å². The smallest absolute Gasteiger partial charge is 0.0562 e. The van der Waals surface area contributed by atoms with E-state index >= 15 is 0 Å². The fourth-order valence-corrected chi connectivity index (χ4v) is 9.93. The third-order valence-corrected chi connectivity index (χ3v) is 12.6. The highest BCUT2D eigenvalue weighted by Crippen LogP contribution is 2.43. The summed E-state index contributed by atoms with van der Waals surface area (Å²) in [4.78, 5) is 0. The van der Waals surface area contributed by atoms with Gasteiger partial charge in [-0.15, -0.1) is 0 Å². The van der Waals surface area contributed by atoms with Crippen molar-refractivity contribution in [2.24, 2.45) is 0 Å². The standard InChI is InChI=1S/C56H35N3/c1-2-17-41(18-3-1)57-51-22-10-9-21-45(51)48-34-49-47-33-40(27-30-54(47)59(56(49)35-55(48)57)50-24-12-16-37-14-6-7-19-43(37)50)39-26-29-53-46(32-39)44-20-8-11-23-52(44)58(53)42-28-25-36-13-4-5-15-38(36)31-42/h1-35H. The quantitative estimate of drug-likeness (QED) is 0.170. The Morgan fingerprint density at radius 3 is 1.47 bits per heavy atom. The van der Waals surface area contributed by atoms with Crippen molar-refractivity contribution in [3.05, 3.63) is 212 Å². The number of aromatic nitrogens is 3. The zero-order valence-electron chi connectivity index (χ0n) is 32.0. The number of rotatable bonds is 4. The molecule has 0 amide bonds. The molecular formula is C56H35N3. The molecule has 3 heteroatoms. The third kappa shape index (κ3) is 4.70. The molecule has 0 atom stereocenters. The van der Waals surface area contributed by atoms with Crippen LogP contribution < -0.4 is 0 Å². The van der Waals surface area contributed by atoms with Gasteiger partial charge in [0.15, 0.2) is 0 Å². The molecule has 0 saturated heterocycles. The van der Waals surface area contributed by atoms with E-state index in [2.05, 4.69) is 226 Å². The van der Waals surface area contributed by atoms with Gasteiger partial charge < -0.3 is 13.7 Å². The van der Waals surface area contributed by atoms with E-state index in [1.54, 1.807) is 0 Å². The summed E-state index contributed by atoms with van der Waals surface area (Å²) in [5.41, 5.74) is 13.1. The number of hydrogen-bond donors (Lipinski definition) is 0. The normalized spacial score (nSPS) is 12.1. The zero-order chi connectivity index (χ0) is 38.6. The summed E-state index contributed by atoms with van der Waals surface area (Å²) in [6.45, 7) is 0. The maximum Gasteiger partial charge on any atom is 0.0562 e. The Kier molecular flexibility index (Phi) is 6.72. The van der Waals surface area contributed by atoms with Gasteiger partial charge in [-0.1, -0.05) is 133 Å². The lowest BCUT2D eigenvalue weighted by Gasteiger charge is -2.13. The van der Waals surface area contributed by atoms with Crippen LogP contribution in [-0.2, 0) is 0 Å². The van der Waals surface area contributed by atoms with Gasteiger partial charge in [0.1, 0.15) is 0 Å². The van der Waals surface area contributed by atoms with E-state index in [9.17, 15) is 0 Å². The van der Waals surface area contributed by atoms with Crippen LogP contribution in [0.3, 0.4) is 0 Å². The highest BCUT2D eigenvalue weighted by atomic mass is 15.0. The highest BCUT2D eigenvalue weighted by Gasteiger charge is 2.21. The van der Waals surface area contributed by atoms with E-state index < -0.39 is 0 Å². The maximum atomic E-state index is 2.49. The molecule has 0 spiro atoms. The molecule has 0 aliphatic heterocycles. The van der Waals surface area contributed by atoms with Gasteiger partial charge in [0, 0.05) is 49.1 Å². The van der Waals surface area contributed by atoms with Crippen LogP contribution in [-0.4, -0.2) is 13.7 Å². The average Bonchev–Trinajstić information content (AvgIpc) is 3.92. The van der Waals surface area contributed by atoms with E-state index in [1.165, 1.54) is 109 Å². The Balaban J connectivity index is 1.08. The molecule has 0 saturated carbocycles. The Morgan fingerprint density at radius 1 is 0.220 bits per heavy atom. The lowest BCUT2D eigenvalue weighted by atomic mass is 10.00. The van der Waals surface area contributed by atoms with Crippen molar-refractivity contribution >= 4 is 87.0 Å². The van der Waals surface area contributed by atoms with Gasteiger partial charge in [0.05, 0.1) is 38.8 Å². The number of hydrogen-bond acceptors (Lipinski definition) is 0. The van der Waals surface area contributed by atoms with Crippen LogP contribution in [0.25, 0.3) is 115 Å². The molecule has 3 heterocycles. The molecule has 59 heavy (non-hydrogen) atoms. The number of para-hydroxylation sites is 3. The fourth-order valence-electron chi connectivity index (χ4n) is 9.93. The average molecular weight is 750 g/mol. The summed E-state index contributed by atoms with van der Waals surface area (Å²) >= 11 is 0. The van der Waals surface area contributed by atoms with Crippen molar-refractivity contribution in [2.75, 3.05) is 0 Å². The second kappa shape index (κ2) is 12.3. The van der Waals surface area contributed by atoms with Crippen molar-refractivity contribution < 1.29 is 0 Å². The minimum Gasteiger partial charge on any atom is -0.309 e. The molecule has 0 fully saturated rings. The van der Waals surface area contributed by atoms with E-state index in [0.29, 0.717) is 0 Å². The van der Waals surface area contributed by atoms with Crippen LogP contribution in [0.1, 0.15) is 0 Å². The van der Waals surface area contributed by atoms with Crippen LogP contribution in [0.15, 0.2) is 212 Å².